The van der Waals surface area contributed by atoms with E-state index in [0.717, 1.165) is 27.2 Å². The van der Waals surface area contributed by atoms with Gasteiger partial charge in [-0.3, -0.25) is 0 Å². The molecule has 0 fully saturated rings. The van der Waals surface area contributed by atoms with E-state index in [1.807, 2.05) is 30.3 Å². The fourth-order valence-electron chi connectivity index (χ4n) is 3.50. The second-order valence-corrected chi connectivity index (χ2v) is 6.61. The average molecular weight is 340 g/mol. The van der Waals surface area contributed by atoms with Crippen LogP contribution in [0.15, 0.2) is 78.9 Å². The van der Waals surface area contributed by atoms with Crippen LogP contribution in [0.2, 0.25) is 5.02 Å². The van der Waals surface area contributed by atoms with Gasteiger partial charge in [-0.15, -0.1) is 0 Å². The fourth-order valence-corrected chi connectivity index (χ4v) is 3.69. The number of benzene rings is 3. The third kappa shape index (κ3) is 2.28. The molecule has 0 amide bonds. The molecule has 0 radical (unpaired) electrons. The summed E-state index contributed by atoms with van der Waals surface area (Å²) in [5, 5.41) is 1.91. The van der Waals surface area contributed by atoms with E-state index >= 15 is 0 Å². The van der Waals surface area contributed by atoms with E-state index in [1.54, 1.807) is 0 Å². The molecular weight excluding hydrogens is 326 g/mol. The van der Waals surface area contributed by atoms with Crippen LogP contribution in [0.5, 0.6) is 0 Å². The molecule has 118 valence electrons. The van der Waals surface area contributed by atoms with Crippen LogP contribution in [0.25, 0.3) is 33.8 Å². The molecule has 0 N–H and O–H groups in total. The lowest BCUT2D eigenvalue weighted by atomic mass is 10.0. The molecular formula is C23H14ClN. The normalized spacial score (nSPS) is 13.9. The number of nitrogens with zero attached hydrogens (tertiary/aromatic N) is 1. The van der Waals surface area contributed by atoms with Crippen LogP contribution >= 0.6 is 11.6 Å². The Morgan fingerprint density at radius 2 is 1.44 bits per heavy atom. The molecule has 0 spiro atoms. The first-order chi connectivity index (χ1) is 12.3. The van der Waals surface area contributed by atoms with Crippen molar-refractivity contribution in [3.63, 3.8) is 0 Å². The van der Waals surface area contributed by atoms with Gasteiger partial charge in [-0.05, 0) is 41.0 Å². The van der Waals surface area contributed by atoms with E-state index in [0.29, 0.717) is 0 Å². The predicted molar refractivity (Wildman–Crippen MR) is 106 cm³/mol. The van der Waals surface area contributed by atoms with Crippen molar-refractivity contribution in [2.75, 3.05) is 0 Å². The molecule has 0 atom stereocenters. The summed E-state index contributed by atoms with van der Waals surface area (Å²) in [5.41, 5.74) is 7.83. The summed E-state index contributed by atoms with van der Waals surface area (Å²) in [6.07, 6.45) is 2.17. The van der Waals surface area contributed by atoms with Gasteiger partial charge in [-0.1, -0.05) is 72.3 Å². The Morgan fingerprint density at radius 1 is 0.720 bits per heavy atom. The van der Waals surface area contributed by atoms with Crippen molar-refractivity contribution in [3.8, 4) is 11.3 Å². The number of hydrogen-bond donors (Lipinski definition) is 0. The van der Waals surface area contributed by atoms with Crippen LogP contribution in [0, 0.1) is 0 Å². The first-order valence-electron chi connectivity index (χ1n) is 8.27. The number of rotatable bonds is 1. The van der Waals surface area contributed by atoms with E-state index in [1.165, 1.54) is 22.3 Å². The number of halogens is 1. The number of aromatic nitrogens is 1. The Hall–Kier alpha value is -2.90. The highest BCUT2D eigenvalue weighted by Crippen LogP contribution is 2.45. The summed E-state index contributed by atoms with van der Waals surface area (Å²) in [6, 6.07) is 26.9. The molecule has 1 aromatic heterocycles. The molecule has 1 aliphatic carbocycles. The molecule has 4 aromatic rings. The van der Waals surface area contributed by atoms with Gasteiger partial charge in [0.2, 0.25) is 0 Å². The van der Waals surface area contributed by atoms with Crippen molar-refractivity contribution >= 4 is 34.2 Å². The fraction of sp³-hybridized carbons (Fsp3) is 0. The Bertz CT molecular complexity index is 1160. The maximum Gasteiger partial charge on any atom is 0.0794 e. The molecule has 2 heteroatoms. The third-order valence-electron chi connectivity index (χ3n) is 4.69. The Kier molecular flexibility index (Phi) is 3.22. The predicted octanol–water partition coefficient (Wildman–Crippen LogP) is 6.46. The molecule has 3 aromatic carbocycles. The van der Waals surface area contributed by atoms with E-state index in [9.17, 15) is 0 Å². The Labute approximate surface area is 151 Å². The van der Waals surface area contributed by atoms with Gasteiger partial charge < -0.3 is 0 Å². The van der Waals surface area contributed by atoms with E-state index in [4.69, 9.17) is 16.6 Å². The standard InChI is InChI=1S/C23H14ClN/c24-21-11-5-1-7-15(21)13-19-17-9-3-4-10-18(17)23-20(19)14-16-8-2-6-12-22(16)25-23/h1-14H. The van der Waals surface area contributed by atoms with Gasteiger partial charge in [0.05, 0.1) is 11.2 Å². The van der Waals surface area contributed by atoms with E-state index < -0.39 is 0 Å². The molecule has 0 saturated heterocycles. The highest BCUT2D eigenvalue weighted by molar-refractivity contribution is 6.32. The molecule has 0 aliphatic heterocycles. The van der Waals surface area contributed by atoms with Crippen LogP contribution in [0.4, 0.5) is 0 Å². The van der Waals surface area contributed by atoms with Crippen molar-refractivity contribution in [1.82, 2.24) is 4.98 Å². The molecule has 0 bridgehead atoms. The summed E-state index contributed by atoms with van der Waals surface area (Å²) >= 11 is 6.39. The Morgan fingerprint density at radius 3 is 2.32 bits per heavy atom. The lowest BCUT2D eigenvalue weighted by Gasteiger charge is -2.06. The summed E-state index contributed by atoms with van der Waals surface area (Å²) < 4.78 is 0. The monoisotopic (exact) mass is 339 g/mol. The first-order valence-corrected chi connectivity index (χ1v) is 8.65. The molecule has 25 heavy (non-hydrogen) atoms. The maximum absolute atomic E-state index is 6.39. The second-order valence-electron chi connectivity index (χ2n) is 6.20. The number of para-hydroxylation sites is 1. The minimum absolute atomic E-state index is 0.759. The van der Waals surface area contributed by atoms with E-state index in [-0.39, 0.29) is 0 Å². The minimum Gasteiger partial charge on any atom is -0.247 e. The zero-order chi connectivity index (χ0) is 16.8. The zero-order valence-corrected chi connectivity index (χ0v) is 14.2. The summed E-state index contributed by atoms with van der Waals surface area (Å²) in [7, 11) is 0. The average Bonchev–Trinajstić information content (AvgIpc) is 2.95. The van der Waals surface area contributed by atoms with E-state index in [2.05, 4.69) is 54.6 Å². The van der Waals surface area contributed by atoms with Crippen molar-refractivity contribution in [1.29, 1.82) is 0 Å². The van der Waals surface area contributed by atoms with Crippen LogP contribution in [-0.4, -0.2) is 4.98 Å². The van der Waals surface area contributed by atoms with Crippen LogP contribution in [-0.2, 0) is 0 Å². The Balaban J connectivity index is 1.84. The van der Waals surface area contributed by atoms with Gasteiger partial charge in [0.1, 0.15) is 0 Å². The lowest BCUT2D eigenvalue weighted by Crippen LogP contribution is -1.87. The topological polar surface area (TPSA) is 12.9 Å². The summed E-state index contributed by atoms with van der Waals surface area (Å²) in [5.74, 6) is 0. The minimum atomic E-state index is 0.759. The van der Waals surface area contributed by atoms with Gasteiger partial charge >= 0.3 is 0 Å². The molecule has 1 heterocycles. The van der Waals surface area contributed by atoms with Crippen molar-refractivity contribution in [2.24, 2.45) is 0 Å². The summed E-state index contributed by atoms with van der Waals surface area (Å²) in [6.45, 7) is 0. The highest BCUT2D eigenvalue weighted by Gasteiger charge is 2.25. The van der Waals surface area contributed by atoms with Crippen molar-refractivity contribution in [2.45, 2.75) is 0 Å². The van der Waals surface area contributed by atoms with Crippen LogP contribution in [0.1, 0.15) is 16.7 Å². The number of pyridine rings is 1. The lowest BCUT2D eigenvalue weighted by molar-refractivity contribution is 1.40. The molecule has 5 rings (SSSR count). The van der Waals surface area contributed by atoms with Crippen LogP contribution < -0.4 is 0 Å². The highest BCUT2D eigenvalue weighted by atomic mass is 35.5. The smallest absolute Gasteiger partial charge is 0.0794 e. The second kappa shape index (κ2) is 5.58. The van der Waals surface area contributed by atoms with Gasteiger partial charge in [-0.25, -0.2) is 4.98 Å². The number of fused-ring (bicyclic) bond motifs is 4. The van der Waals surface area contributed by atoms with Gasteiger partial charge in [-0.2, -0.15) is 0 Å². The quantitative estimate of drug-likeness (QED) is 0.341. The molecule has 0 saturated carbocycles. The number of hydrogen-bond acceptors (Lipinski definition) is 1. The maximum atomic E-state index is 6.39. The molecule has 0 unspecified atom stereocenters. The third-order valence-corrected chi connectivity index (χ3v) is 5.04. The largest absolute Gasteiger partial charge is 0.247 e. The van der Waals surface area contributed by atoms with Gasteiger partial charge in [0.25, 0.3) is 0 Å². The van der Waals surface area contributed by atoms with Gasteiger partial charge in [0, 0.05) is 21.5 Å². The van der Waals surface area contributed by atoms with Crippen LogP contribution in [0.3, 0.4) is 0 Å². The molecule has 1 aliphatic rings. The SMILES string of the molecule is Clc1ccccc1C=C1c2ccccc2-c2nc3ccccc3cc21. The summed E-state index contributed by atoms with van der Waals surface area (Å²) in [4.78, 5) is 4.94. The molecule has 1 nitrogen and oxygen atoms in total. The van der Waals surface area contributed by atoms with Gasteiger partial charge in [0.15, 0.2) is 0 Å². The zero-order valence-electron chi connectivity index (χ0n) is 13.4. The van der Waals surface area contributed by atoms with Crippen molar-refractivity contribution in [3.05, 3.63) is 101 Å². The van der Waals surface area contributed by atoms with Crippen molar-refractivity contribution < 1.29 is 0 Å². The first kappa shape index (κ1) is 14.4.